The van der Waals surface area contributed by atoms with Gasteiger partial charge in [0.2, 0.25) is 23.1 Å². The number of benzene rings is 2. The summed E-state index contributed by atoms with van der Waals surface area (Å²) in [4.78, 5) is 46.6. The van der Waals surface area contributed by atoms with E-state index in [0.717, 1.165) is 24.3 Å². The minimum Gasteiger partial charge on any atom is -0.507 e. The SMILES string of the molecule is O=C1C(Cl)=C(Cl)C(=O)c2c(O)ccc(O)c21.O=C1C(Cl)=C(Cl)C(=O)c2c(O)ccc(O)c21. The molecule has 0 aromatic heterocycles. The molecule has 0 heterocycles. The number of carbonyl (C=O) groups excluding carboxylic acids is 4. The number of hydrogen-bond donors (Lipinski definition) is 4. The van der Waals surface area contributed by atoms with Crippen LogP contribution in [-0.4, -0.2) is 43.6 Å². The van der Waals surface area contributed by atoms with Gasteiger partial charge in [-0.3, -0.25) is 19.2 Å². The monoisotopic (exact) mass is 516 g/mol. The Morgan fingerprint density at radius 1 is 0.406 bits per heavy atom. The van der Waals surface area contributed by atoms with Gasteiger partial charge < -0.3 is 20.4 Å². The third-order valence-electron chi connectivity index (χ3n) is 4.41. The number of hydrogen-bond acceptors (Lipinski definition) is 8. The summed E-state index contributed by atoms with van der Waals surface area (Å²) in [5, 5.41) is 36.0. The van der Waals surface area contributed by atoms with Crippen LogP contribution in [0.15, 0.2) is 44.4 Å². The van der Waals surface area contributed by atoms with E-state index in [-0.39, 0.29) is 22.3 Å². The number of halogens is 4. The van der Waals surface area contributed by atoms with Crippen LogP contribution < -0.4 is 0 Å². The highest BCUT2D eigenvalue weighted by atomic mass is 35.5. The summed E-state index contributed by atoms with van der Waals surface area (Å²) in [6.45, 7) is 0. The Morgan fingerprint density at radius 2 is 0.562 bits per heavy atom. The lowest BCUT2D eigenvalue weighted by molar-refractivity contribution is 0.0982. The van der Waals surface area contributed by atoms with E-state index in [9.17, 15) is 39.6 Å². The molecule has 0 bridgehead atoms. The number of aromatic hydroxyl groups is 4. The van der Waals surface area contributed by atoms with Crippen LogP contribution in [0, 0.1) is 0 Å². The van der Waals surface area contributed by atoms with Crippen molar-refractivity contribution >= 4 is 69.5 Å². The second-order valence-corrected chi connectivity index (χ2v) is 7.79. The van der Waals surface area contributed by atoms with Gasteiger partial charge in [-0.1, -0.05) is 46.4 Å². The summed E-state index contributed by atoms with van der Waals surface area (Å²) in [6.07, 6.45) is 0. The fourth-order valence-electron chi connectivity index (χ4n) is 2.92. The van der Waals surface area contributed by atoms with Crippen molar-refractivity contribution in [1.82, 2.24) is 0 Å². The molecule has 0 saturated heterocycles. The zero-order valence-electron chi connectivity index (χ0n) is 15.2. The quantitative estimate of drug-likeness (QED) is 0.377. The second kappa shape index (κ2) is 8.48. The minimum atomic E-state index is -0.783. The first kappa shape index (κ1) is 23.6. The molecule has 0 atom stereocenters. The molecular weight excluding hydrogens is 510 g/mol. The summed E-state index contributed by atoms with van der Waals surface area (Å²) in [6, 6.07) is 4.40. The lowest BCUT2D eigenvalue weighted by Crippen LogP contribution is -2.18. The van der Waals surface area contributed by atoms with Gasteiger partial charge in [0.25, 0.3) is 0 Å². The predicted octanol–water partition coefficient (Wildman–Crippen LogP) is 4.33. The van der Waals surface area contributed by atoms with Crippen LogP contribution in [0.2, 0.25) is 0 Å². The van der Waals surface area contributed by atoms with Gasteiger partial charge >= 0.3 is 0 Å². The van der Waals surface area contributed by atoms with Gasteiger partial charge in [0.1, 0.15) is 43.1 Å². The Labute approximate surface area is 198 Å². The number of phenols is 4. The largest absolute Gasteiger partial charge is 0.507 e. The highest BCUT2D eigenvalue weighted by Crippen LogP contribution is 2.40. The summed E-state index contributed by atoms with van der Waals surface area (Å²) < 4.78 is 0. The first-order valence-electron chi connectivity index (χ1n) is 8.29. The number of rotatable bonds is 0. The molecule has 2 aliphatic rings. The van der Waals surface area contributed by atoms with Gasteiger partial charge in [-0.15, -0.1) is 0 Å². The Morgan fingerprint density at radius 3 is 0.719 bits per heavy atom. The topological polar surface area (TPSA) is 149 Å². The smallest absolute Gasteiger partial charge is 0.210 e. The van der Waals surface area contributed by atoms with Gasteiger partial charge in [0, 0.05) is 0 Å². The van der Waals surface area contributed by atoms with Gasteiger partial charge in [-0.05, 0) is 24.3 Å². The molecule has 0 saturated carbocycles. The van der Waals surface area contributed by atoms with E-state index in [0.29, 0.717) is 0 Å². The molecule has 0 fully saturated rings. The molecule has 2 aromatic carbocycles. The van der Waals surface area contributed by atoms with Gasteiger partial charge in [0.05, 0.1) is 22.3 Å². The lowest BCUT2D eigenvalue weighted by atomic mass is 9.93. The van der Waals surface area contributed by atoms with Crippen molar-refractivity contribution in [3.05, 3.63) is 66.6 Å². The molecule has 2 aromatic rings. The molecule has 0 spiro atoms. The molecule has 32 heavy (non-hydrogen) atoms. The van der Waals surface area contributed by atoms with Crippen molar-refractivity contribution in [2.75, 3.05) is 0 Å². The first-order valence-corrected chi connectivity index (χ1v) is 9.80. The maximum Gasteiger partial charge on any atom is 0.210 e. The molecule has 2 aliphatic carbocycles. The zero-order chi connectivity index (χ0) is 24.1. The molecule has 0 radical (unpaired) electrons. The summed E-state index contributed by atoms with van der Waals surface area (Å²) in [7, 11) is 0. The van der Waals surface area contributed by atoms with Crippen molar-refractivity contribution in [2.24, 2.45) is 0 Å². The van der Waals surface area contributed by atoms with E-state index < -0.39 is 66.3 Å². The minimum absolute atomic E-state index is 0.320. The molecular formula is C20H8Cl4O8. The van der Waals surface area contributed by atoms with Crippen LogP contribution in [0.25, 0.3) is 0 Å². The molecule has 0 unspecified atom stereocenters. The lowest BCUT2D eigenvalue weighted by Gasteiger charge is -2.16. The average molecular weight is 518 g/mol. The number of carbonyl (C=O) groups is 4. The first-order chi connectivity index (χ1) is 14.9. The van der Waals surface area contributed by atoms with E-state index in [1.54, 1.807) is 0 Å². The van der Waals surface area contributed by atoms with Crippen molar-refractivity contribution in [1.29, 1.82) is 0 Å². The van der Waals surface area contributed by atoms with Crippen LogP contribution in [-0.2, 0) is 0 Å². The molecule has 164 valence electrons. The summed E-state index contributed by atoms with van der Waals surface area (Å²) in [5.74, 6) is -4.82. The van der Waals surface area contributed by atoms with Crippen molar-refractivity contribution in [3.63, 3.8) is 0 Å². The van der Waals surface area contributed by atoms with E-state index >= 15 is 0 Å². The molecule has 0 aliphatic heterocycles. The van der Waals surface area contributed by atoms with Crippen LogP contribution in [0.5, 0.6) is 23.0 Å². The zero-order valence-corrected chi connectivity index (χ0v) is 18.3. The molecule has 8 nitrogen and oxygen atoms in total. The molecule has 4 rings (SSSR count). The highest BCUT2D eigenvalue weighted by molar-refractivity contribution is 6.60. The number of allylic oxidation sites excluding steroid dienone is 4. The maximum absolute atomic E-state index is 11.6. The number of Topliss-reactive ketones (excluding diaryl/α,β-unsaturated/α-hetero) is 4. The van der Waals surface area contributed by atoms with Crippen LogP contribution in [0.4, 0.5) is 0 Å². The Kier molecular flexibility index (Phi) is 6.26. The van der Waals surface area contributed by atoms with Gasteiger partial charge in [0.15, 0.2) is 0 Å². The third-order valence-corrected chi connectivity index (χ3v) is 6.05. The fraction of sp³-hybridized carbons (Fsp3) is 0. The normalized spacial score (nSPS) is 15.4. The number of ketones is 4. The van der Waals surface area contributed by atoms with Crippen molar-refractivity contribution < 1.29 is 39.6 Å². The maximum atomic E-state index is 11.6. The molecule has 4 N–H and O–H groups in total. The van der Waals surface area contributed by atoms with E-state index in [1.165, 1.54) is 0 Å². The number of fused-ring (bicyclic) bond motifs is 2. The van der Waals surface area contributed by atoms with Crippen LogP contribution in [0.1, 0.15) is 41.4 Å². The van der Waals surface area contributed by atoms with E-state index in [2.05, 4.69) is 0 Å². The van der Waals surface area contributed by atoms with E-state index in [1.807, 2.05) is 0 Å². The predicted molar refractivity (Wildman–Crippen MR) is 114 cm³/mol. The fourth-order valence-corrected chi connectivity index (χ4v) is 3.64. The van der Waals surface area contributed by atoms with E-state index in [4.69, 9.17) is 46.4 Å². The third kappa shape index (κ3) is 3.61. The highest BCUT2D eigenvalue weighted by Gasteiger charge is 2.36. The Hall–Kier alpha value is -3.04. The Bertz CT molecular complexity index is 1120. The molecule has 12 heteroatoms. The van der Waals surface area contributed by atoms with Gasteiger partial charge in [-0.2, -0.15) is 0 Å². The van der Waals surface area contributed by atoms with Crippen molar-refractivity contribution in [3.8, 4) is 23.0 Å². The number of phenolic OH excluding ortho intramolecular Hbond substituents is 4. The van der Waals surface area contributed by atoms with Crippen molar-refractivity contribution in [2.45, 2.75) is 0 Å². The standard InChI is InChI=1S/2C10H4Cl2O4/c2*11-7-8(12)10(16)6-4(14)2-1-3(13)5(6)9(7)15/h2*1-2,13-14H. The van der Waals surface area contributed by atoms with Crippen LogP contribution >= 0.6 is 46.4 Å². The average Bonchev–Trinajstić information content (AvgIpc) is 2.76. The summed E-state index contributed by atoms with van der Waals surface area (Å²) >= 11 is 22.2. The second-order valence-electron chi connectivity index (χ2n) is 6.28. The Balaban J connectivity index is 0.000000181. The van der Waals surface area contributed by atoms with Crippen LogP contribution in [0.3, 0.4) is 0 Å². The van der Waals surface area contributed by atoms with Gasteiger partial charge in [-0.25, -0.2) is 0 Å². The summed E-state index contributed by atoms with van der Waals surface area (Å²) in [5.41, 5.74) is -1.28. The molecule has 0 amide bonds.